The molecule has 0 aliphatic rings. The second-order valence-electron chi connectivity index (χ2n) is 7.70. The van der Waals surface area contributed by atoms with Crippen molar-refractivity contribution >= 4 is 39.4 Å². The second kappa shape index (κ2) is 12.1. The van der Waals surface area contributed by atoms with Crippen LogP contribution in [0.2, 0.25) is 5.02 Å². The van der Waals surface area contributed by atoms with Crippen LogP contribution in [0, 0.1) is 0 Å². The zero-order valence-corrected chi connectivity index (χ0v) is 21.1. The number of nitrogens with one attached hydrogen (secondary N) is 1. The molecule has 0 unspecified atom stereocenters. The summed E-state index contributed by atoms with van der Waals surface area (Å²) >= 11 is 5.69. The largest absolute Gasteiger partial charge is 0.494 e. The molecule has 37 heavy (non-hydrogen) atoms. The van der Waals surface area contributed by atoms with Gasteiger partial charge in [0.25, 0.3) is 15.9 Å². The molecule has 0 heterocycles. The molecule has 12 heteroatoms. The van der Waals surface area contributed by atoms with Crippen LogP contribution in [-0.2, 0) is 21.0 Å². The molecular weight excluding hydrogens is 531 g/mol. The van der Waals surface area contributed by atoms with E-state index in [1.54, 1.807) is 30.3 Å². The Labute approximate surface area is 217 Å². The van der Waals surface area contributed by atoms with E-state index in [0.29, 0.717) is 28.3 Å². The number of hydrogen-bond acceptors (Lipinski definition) is 5. The van der Waals surface area contributed by atoms with Crippen molar-refractivity contribution in [2.24, 2.45) is 5.10 Å². The highest BCUT2D eigenvalue weighted by Crippen LogP contribution is 2.38. The van der Waals surface area contributed by atoms with Gasteiger partial charge in [0, 0.05) is 0 Å². The lowest BCUT2D eigenvalue weighted by molar-refractivity contribution is -0.137. The fourth-order valence-corrected chi connectivity index (χ4v) is 4.79. The fraction of sp³-hybridized carbons (Fsp3) is 0.200. The Kier molecular flexibility index (Phi) is 9.17. The normalized spacial score (nSPS) is 11.9. The lowest BCUT2D eigenvalue weighted by atomic mass is 10.2. The van der Waals surface area contributed by atoms with Crippen LogP contribution in [0.25, 0.3) is 0 Å². The summed E-state index contributed by atoms with van der Waals surface area (Å²) < 4.78 is 72.9. The number of anilines is 1. The van der Waals surface area contributed by atoms with Crippen LogP contribution in [0.15, 0.2) is 82.8 Å². The molecule has 1 amide bonds. The maximum atomic E-state index is 13.4. The Morgan fingerprint density at radius 2 is 1.76 bits per heavy atom. The first kappa shape index (κ1) is 28.0. The summed E-state index contributed by atoms with van der Waals surface area (Å²) in [6.07, 6.45) is -2.64. The standard InChI is InChI=1S/C25H23ClF3N3O4S/c1-2-14-36-20-11-8-18(9-12-20)16-30-31-24(33)17-32(37(34,35)21-6-4-3-5-7-21)19-10-13-23(26)22(15-19)25(27,28)29/h3-13,15-16H,2,14,17H2,1H3,(H,31,33)/b30-16+. The molecule has 196 valence electrons. The topological polar surface area (TPSA) is 88.1 Å². The smallest absolute Gasteiger partial charge is 0.417 e. The van der Waals surface area contributed by atoms with E-state index in [4.69, 9.17) is 16.3 Å². The summed E-state index contributed by atoms with van der Waals surface area (Å²) in [5, 5.41) is 3.21. The SMILES string of the molecule is CCCOc1ccc(/C=N/NC(=O)CN(c2ccc(Cl)c(C(F)(F)F)c2)S(=O)(=O)c2ccccc2)cc1. The van der Waals surface area contributed by atoms with Gasteiger partial charge in [0.05, 0.1) is 34.0 Å². The molecule has 7 nitrogen and oxygen atoms in total. The molecule has 0 saturated carbocycles. The molecule has 0 saturated heterocycles. The molecule has 0 aliphatic heterocycles. The zero-order chi connectivity index (χ0) is 27.1. The van der Waals surface area contributed by atoms with Crippen LogP contribution in [0.1, 0.15) is 24.5 Å². The van der Waals surface area contributed by atoms with Crippen LogP contribution < -0.4 is 14.5 Å². The minimum Gasteiger partial charge on any atom is -0.494 e. The molecule has 0 atom stereocenters. The summed E-state index contributed by atoms with van der Waals surface area (Å²) in [7, 11) is -4.42. The second-order valence-corrected chi connectivity index (χ2v) is 9.97. The van der Waals surface area contributed by atoms with Gasteiger partial charge >= 0.3 is 6.18 Å². The van der Waals surface area contributed by atoms with Crippen LogP contribution in [0.5, 0.6) is 5.75 Å². The number of amides is 1. The Morgan fingerprint density at radius 1 is 1.08 bits per heavy atom. The van der Waals surface area contributed by atoms with Gasteiger partial charge in [-0.25, -0.2) is 13.8 Å². The van der Waals surface area contributed by atoms with Gasteiger partial charge in [-0.3, -0.25) is 9.10 Å². The van der Waals surface area contributed by atoms with E-state index in [2.05, 4.69) is 10.5 Å². The van der Waals surface area contributed by atoms with E-state index >= 15 is 0 Å². The van der Waals surface area contributed by atoms with Crippen molar-refractivity contribution in [1.82, 2.24) is 5.43 Å². The van der Waals surface area contributed by atoms with Gasteiger partial charge in [0.2, 0.25) is 0 Å². The van der Waals surface area contributed by atoms with Gasteiger partial charge in [-0.15, -0.1) is 0 Å². The maximum Gasteiger partial charge on any atom is 0.417 e. The number of halogens is 4. The number of benzene rings is 3. The average molecular weight is 554 g/mol. The van der Waals surface area contributed by atoms with E-state index in [9.17, 15) is 26.4 Å². The maximum absolute atomic E-state index is 13.4. The predicted molar refractivity (Wildman–Crippen MR) is 135 cm³/mol. The van der Waals surface area contributed by atoms with E-state index in [0.717, 1.165) is 18.6 Å². The molecule has 0 spiro atoms. The number of ether oxygens (including phenoxy) is 1. The Balaban J connectivity index is 1.84. The number of hydrazone groups is 1. The number of alkyl halides is 3. The quantitative estimate of drug-likeness (QED) is 0.265. The third kappa shape index (κ3) is 7.46. The monoisotopic (exact) mass is 553 g/mol. The highest BCUT2D eigenvalue weighted by atomic mass is 35.5. The minimum absolute atomic E-state index is 0.208. The summed E-state index contributed by atoms with van der Waals surface area (Å²) in [6.45, 7) is 1.72. The Bertz CT molecular complexity index is 1350. The fourth-order valence-electron chi connectivity index (χ4n) is 3.13. The van der Waals surface area contributed by atoms with E-state index < -0.39 is 39.2 Å². The minimum atomic E-state index is -4.83. The van der Waals surface area contributed by atoms with Gasteiger partial charge in [-0.1, -0.05) is 36.7 Å². The molecule has 3 aromatic rings. The summed E-state index contributed by atoms with van der Waals surface area (Å²) in [5.41, 5.74) is 1.22. The third-order valence-electron chi connectivity index (χ3n) is 4.92. The van der Waals surface area contributed by atoms with Crippen molar-refractivity contribution in [3.05, 3.63) is 88.9 Å². The molecule has 3 rings (SSSR count). The van der Waals surface area contributed by atoms with Gasteiger partial charge in [0.1, 0.15) is 12.3 Å². The lowest BCUT2D eigenvalue weighted by Gasteiger charge is -2.24. The number of nitrogens with zero attached hydrogens (tertiary/aromatic N) is 2. The number of sulfonamides is 1. The number of carbonyl (C=O) groups excluding carboxylic acids is 1. The first-order chi connectivity index (χ1) is 17.5. The highest BCUT2D eigenvalue weighted by molar-refractivity contribution is 7.92. The van der Waals surface area contributed by atoms with E-state index in [1.165, 1.54) is 30.5 Å². The lowest BCUT2D eigenvalue weighted by Crippen LogP contribution is -2.39. The first-order valence-corrected chi connectivity index (χ1v) is 12.8. The number of rotatable bonds is 10. The zero-order valence-electron chi connectivity index (χ0n) is 19.6. The van der Waals surface area contributed by atoms with Crippen molar-refractivity contribution in [1.29, 1.82) is 0 Å². The van der Waals surface area contributed by atoms with Crippen molar-refractivity contribution in [3.8, 4) is 5.75 Å². The molecule has 0 aromatic heterocycles. The van der Waals surface area contributed by atoms with Gasteiger partial charge in [-0.05, 0) is 66.6 Å². The van der Waals surface area contributed by atoms with E-state index in [1.807, 2.05) is 6.92 Å². The molecular formula is C25H23ClF3N3O4S. The Morgan fingerprint density at radius 3 is 2.38 bits per heavy atom. The van der Waals surface area contributed by atoms with E-state index in [-0.39, 0.29) is 10.6 Å². The van der Waals surface area contributed by atoms with Crippen LogP contribution in [0.4, 0.5) is 18.9 Å². The van der Waals surface area contributed by atoms with Crippen LogP contribution >= 0.6 is 11.6 Å². The van der Waals surface area contributed by atoms with Crippen molar-refractivity contribution in [2.75, 3.05) is 17.5 Å². The van der Waals surface area contributed by atoms with Gasteiger partial charge < -0.3 is 4.74 Å². The highest BCUT2D eigenvalue weighted by Gasteiger charge is 2.35. The summed E-state index contributed by atoms with van der Waals surface area (Å²) in [5.74, 6) is -0.201. The third-order valence-corrected chi connectivity index (χ3v) is 7.04. The molecule has 0 radical (unpaired) electrons. The number of hydrogen-bond donors (Lipinski definition) is 1. The summed E-state index contributed by atoms with van der Waals surface area (Å²) in [6, 6.07) is 16.5. The van der Waals surface area contributed by atoms with Gasteiger partial charge in [0.15, 0.2) is 0 Å². The van der Waals surface area contributed by atoms with Crippen molar-refractivity contribution in [2.45, 2.75) is 24.4 Å². The van der Waals surface area contributed by atoms with Crippen molar-refractivity contribution < 1.29 is 31.1 Å². The predicted octanol–water partition coefficient (Wildman–Crippen LogP) is 5.49. The molecule has 0 bridgehead atoms. The molecule has 0 fully saturated rings. The average Bonchev–Trinajstić information content (AvgIpc) is 2.87. The molecule has 1 N–H and O–H groups in total. The van der Waals surface area contributed by atoms with Crippen LogP contribution in [0.3, 0.4) is 0 Å². The van der Waals surface area contributed by atoms with Crippen molar-refractivity contribution in [3.63, 3.8) is 0 Å². The molecule has 0 aliphatic carbocycles. The summed E-state index contributed by atoms with van der Waals surface area (Å²) in [4.78, 5) is 12.4. The van der Waals surface area contributed by atoms with Gasteiger partial charge in [-0.2, -0.15) is 18.3 Å². The molecule has 3 aromatic carbocycles. The van der Waals surface area contributed by atoms with Crippen LogP contribution in [-0.4, -0.2) is 33.7 Å². The first-order valence-electron chi connectivity index (χ1n) is 11.0. The number of carbonyl (C=O) groups is 1. The Hall–Kier alpha value is -3.57.